The second-order valence-corrected chi connectivity index (χ2v) is 7.18. The monoisotopic (exact) mass is 423 g/mol. The van der Waals surface area contributed by atoms with E-state index in [4.69, 9.17) is 17.0 Å². The van der Waals surface area contributed by atoms with Gasteiger partial charge in [-0.3, -0.25) is 4.79 Å². The van der Waals surface area contributed by atoms with E-state index in [2.05, 4.69) is 10.6 Å². The van der Waals surface area contributed by atoms with Gasteiger partial charge in [-0.25, -0.2) is 4.79 Å². The van der Waals surface area contributed by atoms with E-state index in [1.165, 1.54) is 0 Å². The molecular weight excluding hydrogens is 398 g/mol. The van der Waals surface area contributed by atoms with Gasteiger partial charge < -0.3 is 20.3 Å². The van der Waals surface area contributed by atoms with Gasteiger partial charge in [0, 0.05) is 23.5 Å². The topological polar surface area (TPSA) is 70.7 Å². The van der Waals surface area contributed by atoms with Crippen LogP contribution in [0.3, 0.4) is 0 Å². The van der Waals surface area contributed by atoms with Crippen molar-refractivity contribution in [2.45, 2.75) is 26.8 Å². The zero-order valence-electron chi connectivity index (χ0n) is 17.3. The second-order valence-electron chi connectivity index (χ2n) is 6.79. The van der Waals surface area contributed by atoms with Crippen molar-refractivity contribution >= 4 is 34.9 Å². The lowest BCUT2D eigenvalue weighted by molar-refractivity contribution is -0.139. The Kier molecular flexibility index (Phi) is 6.84. The van der Waals surface area contributed by atoms with Crippen LogP contribution in [0.4, 0.5) is 5.69 Å². The van der Waals surface area contributed by atoms with Crippen LogP contribution in [-0.4, -0.2) is 35.0 Å². The first-order chi connectivity index (χ1) is 14.5. The first kappa shape index (κ1) is 21.5. The number of hydrogen-bond acceptors (Lipinski definition) is 4. The number of ether oxygens (including phenoxy) is 1. The lowest BCUT2D eigenvalue weighted by atomic mass is 9.94. The summed E-state index contributed by atoms with van der Waals surface area (Å²) in [6.45, 7) is 6.55. The molecule has 0 fully saturated rings. The smallest absolute Gasteiger partial charge is 0.338 e. The normalized spacial score (nSPS) is 16.2. The van der Waals surface area contributed by atoms with E-state index in [1.807, 2.05) is 61.2 Å². The van der Waals surface area contributed by atoms with Crippen LogP contribution in [0.5, 0.6) is 0 Å². The molecule has 1 atom stereocenters. The third kappa shape index (κ3) is 4.52. The van der Waals surface area contributed by atoms with E-state index in [1.54, 1.807) is 19.1 Å². The van der Waals surface area contributed by atoms with Crippen molar-refractivity contribution in [3.63, 3.8) is 0 Å². The van der Waals surface area contributed by atoms with Crippen molar-refractivity contribution in [2.24, 2.45) is 0 Å². The maximum Gasteiger partial charge on any atom is 0.338 e. The Morgan fingerprint density at radius 2 is 1.87 bits per heavy atom. The van der Waals surface area contributed by atoms with Crippen LogP contribution in [0.25, 0.3) is 0 Å². The Morgan fingerprint density at radius 1 is 1.13 bits per heavy atom. The number of nitrogens with zero attached hydrogens (tertiary/aromatic N) is 1. The van der Waals surface area contributed by atoms with Gasteiger partial charge in [0.25, 0.3) is 5.91 Å². The van der Waals surface area contributed by atoms with Gasteiger partial charge in [0.05, 0.1) is 18.2 Å². The molecule has 2 aromatic rings. The van der Waals surface area contributed by atoms with Crippen molar-refractivity contribution in [1.29, 1.82) is 0 Å². The molecule has 1 aliphatic heterocycles. The molecule has 1 heterocycles. The van der Waals surface area contributed by atoms with Crippen LogP contribution in [0.1, 0.15) is 42.7 Å². The first-order valence-corrected chi connectivity index (χ1v) is 10.3. The van der Waals surface area contributed by atoms with E-state index in [-0.39, 0.29) is 18.5 Å². The minimum Gasteiger partial charge on any atom is -0.463 e. The van der Waals surface area contributed by atoms with Crippen molar-refractivity contribution in [3.05, 3.63) is 77.0 Å². The fraction of sp³-hybridized carbons (Fsp3) is 0.261. The third-order valence-corrected chi connectivity index (χ3v) is 5.26. The van der Waals surface area contributed by atoms with E-state index in [9.17, 15) is 9.59 Å². The highest BCUT2D eigenvalue weighted by Gasteiger charge is 2.34. The summed E-state index contributed by atoms with van der Waals surface area (Å²) < 4.78 is 5.31. The molecule has 0 radical (unpaired) electrons. The highest BCUT2D eigenvalue weighted by molar-refractivity contribution is 7.80. The molecule has 7 heteroatoms. The molecule has 6 nitrogen and oxygen atoms in total. The number of amides is 1. The van der Waals surface area contributed by atoms with Crippen molar-refractivity contribution in [1.82, 2.24) is 10.2 Å². The summed E-state index contributed by atoms with van der Waals surface area (Å²) in [6, 6.07) is 15.9. The average Bonchev–Trinajstić information content (AvgIpc) is 2.74. The highest BCUT2D eigenvalue weighted by Crippen LogP contribution is 2.32. The molecule has 0 aliphatic carbocycles. The zero-order chi connectivity index (χ0) is 21.7. The number of carbonyl (C=O) groups excluding carboxylic acids is 2. The molecule has 0 saturated carbocycles. The number of carbonyl (C=O) groups is 2. The van der Waals surface area contributed by atoms with Gasteiger partial charge >= 0.3 is 5.97 Å². The molecule has 156 valence electrons. The number of allylic oxidation sites excluding steroid dienone is 1. The van der Waals surface area contributed by atoms with Gasteiger partial charge in [0.2, 0.25) is 0 Å². The Labute approximate surface area is 181 Å². The van der Waals surface area contributed by atoms with Crippen LogP contribution in [0.15, 0.2) is 65.9 Å². The Hall–Kier alpha value is -3.19. The molecule has 0 spiro atoms. The Bertz CT molecular complexity index is 988. The quantitative estimate of drug-likeness (QED) is 0.540. The molecule has 0 saturated heterocycles. The van der Waals surface area contributed by atoms with Crippen LogP contribution in [-0.2, 0) is 9.53 Å². The van der Waals surface area contributed by atoms with E-state index >= 15 is 0 Å². The predicted octanol–water partition coefficient (Wildman–Crippen LogP) is 4.03. The number of anilines is 1. The van der Waals surface area contributed by atoms with Gasteiger partial charge in [-0.15, -0.1) is 0 Å². The fourth-order valence-electron chi connectivity index (χ4n) is 3.47. The molecule has 30 heavy (non-hydrogen) atoms. The number of hydrogen-bond donors (Lipinski definition) is 2. The zero-order valence-corrected chi connectivity index (χ0v) is 18.1. The standard InChI is InChI=1S/C23H25N3O3S/c1-4-26-15(3)19(22(28)29-5-2)20(25-23(26)30)17-12-9-13-18(14-17)24-21(27)16-10-7-6-8-11-16/h6-14,20H,4-5H2,1-3H3,(H,24,27)(H,25,30)/t20-/m0/s1. The lowest BCUT2D eigenvalue weighted by Gasteiger charge is -2.37. The summed E-state index contributed by atoms with van der Waals surface area (Å²) in [6.07, 6.45) is 0. The van der Waals surface area contributed by atoms with Gasteiger partial charge in [-0.1, -0.05) is 30.3 Å². The summed E-state index contributed by atoms with van der Waals surface area (Å²) in [4.78, 5) is 27.1. The summed E-state index contributed by atoms with van der Waals surface area (Å²) in [5.41, 5.74) is 3.29. The van der Waals surface area contributed by atoms with Crippen LogP contribution < -0.4 is 10.6 Å². The largest absolute Gasteiger partial charge is 0.463 e. The van der Waals surface area contributed by atoms with Crippen LogP contribution in [0.2, 0.25) is 0 Å². The molecule has 0 unspecified atom stereocenters. The molecule has 1 aliphatic rings. The van der Waals surface area contributed by atoms with Gasteiger partial charge in [-0.2, -0.15) is 0 Å². The van der Waals surface area contributed by atoms with E-state index in [0.29, 0.717) is 28.5 Å². The highest BCUT2D eigenvalue weighted by atomic mass is 32.1. The van der Waals surface area contributed by atoms with Crippen molar-refractivity contribution < 1.29 is 14.3 Å². The van der Waals surface area contributed by atoms with Gasteiger partial charge in [0.15, 0.2) is 5.11 Å². The van der Waals surface area contributed by atoms with Crippen LogP contribution in [0, 0.1) is 0 Å². The molecule has 2 aromatic carbocycles. The fourth-order valence-corrected chi connectivity index (χ4v) is 3.86. The van der Waals surface area contributed by atoms with Crippen LogP contribution >= 0.6 is 12.2 Å². The molecular formula is C23H25N3O3S. The third-order valence-electron chi connectivity index (χ3n) is 4.92. The number of thiocarbonyl (C=S) groups is 1. The molecule has 0 aromatic heterocycles. The molecule has 0 bridgehead atoms. The maximum atomic E-state index is 12.7. The maximum absolute atomic E-state index is 12.7. The van der Waals surface area contributed by atoms with Gasteiger partial charge in [0.1, 0.15) is 0 Å². The molecule has 2 N–H and O–H groups in total. The first-order valence-electron chi connectivity index (χ1n) is 9.88. The van der Waals surface area contributed by atoms with E-state index in [0.717, 1.165) is 11.3 Å². The Morgan fingerprint density at radius 3 is 2.53 bits per heavy atom. The second kappa shape index (κ2) is 9.54. The minimum absolute atomic E-state index is 0.200. The molecule has 3 rings (SSSR count). The van der Waals surface area contributed by atoms with Gasteiger partial charge in [-0.05, 0) is 62.8 Å². The molecule has 1 amide bonds. The lowest BCUT2D eigenvalue weighted by Crippen LogP contribution is -2.47. The Balaban J connectivity index is 1.94. The summed E-state index contributed by atoms with van der Waals surface area (Å²) in [7, 11) is 0. The number of benzene rings is 2. The number of nitrogens with one attached hydrogen (secondary N) is 2. The predicted molar refractivity (Wildman–Crippen MR) is 121 cm³/mol. The summed E-state index contributed by atoms with van der Waals surface area (Å²) in [5, 5.41) is 6.71. The summed E-state index contributed by atoms with van der Waals surface area (Å²) in [5.74, 6) is -0.582. The van der Waals surface area contributed by atoms with Crippen molar-refractivity contribution in [3.8, 4) is 0 Å². The SMILES string of the molecule is CCOC(=O)C1=C(C)N(CC)C(=S)N[C@H]1c1cccc(NC(=O)c2ccccc2)c1. The summed E-state index contributed by atoms with van der Waals surface area (Å²) >= 11 is 5.51. The minimum atomic E-state index is -0.465. The van der Waals surface area contributed by atoms with Crippen molar-refractivity contribution in [2.75, 3.05) is 18.5 Å². The number of esters is 1. The average molecular weight is 424 g/mol. The van der Waals surface area contributed by atoms with E-state index < -0.39 is 6.04 Å². The number of rotatable bonds is 6.